The van der Waals surface area contributed by atoms with Gasteiger partial charge >= 0.3 is 5.97 Å². The SMILES string of the molecule is CCCCOC(=O)CSc1nnc(CN2CCCC2)n1-c1ccccc1. The van der Waals surface area contributed by atoms with Gasteiger partial charge in [0.05, 0.1) is 18.9 Å². The van der Waals surface area contributed by atoms with Crippen molar-refractivity contribution in [2.75, 3.05) is 25.4 Å². The van der Waals surface area contributed by atoms with Crippen molar-refractivity contribution in [3.8, 4) is 5.69 Å². The van der Waals surface area contributed by atoms with E-state index < -0.39 is 0 Å². The van der Waals surface area contributed by atoms with Crippen LogP contribution in [0, 0.1) is 0 Å². The van der Waals surface area contributed by atoms with Crippen molar-refractivity contribution in [2.45, 2.75) is 44.3 Å². The van der Waals surface area contributed by atoms with Crippen molar-refractivity contribution in [2.24, 2.45) is 0 Å². The summed E-state index contributed by atoms with van der Waals surface area (Å²) in [6, 6.07) is 10.1. The van der Waals surface area contributed by atoms with Crippen molar-refractivity contribution in [1.29, 1.82) is 0 Å². The van der Waals surface area contributed by atoms with Crippen molar-refractivity contribution >= 4 is 17.7 Å². The molecule has 0 bridgehead atoms. The molecule has 0 radical (unpaired) electrons. The Kier molecular flexibility index (Phi) is 7.08. The number of para-hydroxylation sites is 1. The number of benzene rings is 1. The third kappa shape index (κ3) is 5.08. The molecule has 1 aromatic heterocycles. The van der Waals surface area contributed by atoms with Gasteiger partial charge in [-0.2, -0.15) is 0 Å². The number of hydrogen-bond acceptors (Lipinski definition) is 6. The Hall–Kier alpha value is -1.86. The molecule has 3 rings (SSSR count). The zero-order valence-electron chi connectivity index (χ0n) is 15.3. The molecule has 1 fully saturated rings. The zero-order chi connectivity index (χ0) is 18.2. The molecule has 2 heterocycles. The summed E-state index contributed by atoms with van der Waals surface area (Å²) in [4.78, 5) is 14.3. The van der Waals surface area contributed by atoms with Crippen molar-refractivity contribution in [3.63, 3.8) is 0 Å². The summed E-state index contributed by atoms with van der Waals surface area (Å²) in [5.41, 5.74) is 1.02. The first kappa shape index (κ1) is 18.9. The predicted molar refractivity (Wildman–Crippen MR) is 102 cm³/mol. The number of esters is 1. The highest BCUT2D eigenvalue weighted by Gasteiger charge is 2.20. The maximum Gasteiger partial charge on any atom is 0.316 e. The Labute approximate surface area is 158 Å². The van der Waals surface area contributed by atoms with Crippen LogP contribution in [0.25, 0.3) is 5.69 Å². The molecule has 6 nitrogen and oxygen atoms in total. The first-order valence-corrected chi connectivity index (χ1v) is 10.3. The third-order valence-corrected chi connectivity index (χ3v) is 5.26. The Morgan fingerprint density at radius 2 is 1.96 bits per heavy atom. The van der Waals surface area contributed by atoms with E-state index in [2.05, 4.69) is 26.6 Å². The molecule has 1 aliphatic heterocycles. The van der Waals surface area contributed by atoms with Gasteiger partial charge in [0.25, 0.3) is 0 Å². The summed E-state index contributed by atoms with van der Waals surface area (Å²) >= 11 is 1.38. The molecule has 1 saturated heterocycles. The Balaban J connectivity index is 1.72. The summed E-state index contributed by atoms with van der Waals surface area (Å²) in [6.45, 7) is 5.56. The second-order valence-corrected chi connectivity index (χ2v) is 7.36. The maximum absolute atomic E-state index is 11.9. The van der Waals surface area contributed by atoms with Gasteiger partial charge in [0.2, 0.25) is 0 Å². The number of hydrogen-bond donors (Lipinski definition) is 0. The maximum atomic E-state index is 11.9. The molecule has 2 aromatic rings. The lowest BCUT2D eigenvalue weighted by molar-refractivity contribution is -0.140. The van der Waals surface area contributed by atoms with Gasteiger partial charge in [-0.05, 0) is 44.5 Å². The zero-order valence-corrected chi connectivity index (χ0v) is 16.1. The van der Waals surface area contributed by atoms with Crippen molar-refractivity contribution in [3.05, 3.63) is 36.2 Å². The molecule has 0 aliphatic carbocycles. The van der Waals surface area contributed by atoms with Crippen LogP contribution < -0.4 is 0 Å². The molecular weight excluding hydrogens is 348 g/mol. The van der Waals surface area contributed by atoms with Crippen LogP contribution in [-0.2, 0) is 16.1 Å². The quantitative estimate of drug-likeness (QED) is 0.381. The lowest BCUT2D eigenvalue weighted by atomic mass is 10.3. The first-order chi connectivity index (χ1) is 12.8. The number of carbonyl (C=O) groups is 1. The first-order valence-electron chi connectivity index (χ1n) is 9.28. The molecule has 140 valence electrons. The van der Waals surface area contributed by atoms with E-state index in [-0.39, 0.29) is 11.7 Å². The highest BCUT2D eigenvalue weighted by molar-refractivity contribution is 7.99. The average Bonchev–Trinajstić information content (AvgIpc) is 3.31. The molecule has 0 unspecified atom stereocenters. The van der Waals surface area contributed by atoms with Crippen LogP contribution in [0.5, 0.6) is 0 Å². The fourth-order valence-corrected chi connectivity index (χ4v) is 3.74. The Morgan fingerprint density at radius 1 is 1.19 bits per heavy atom. The van der Waals surface area contributed by atoms with E-state index in [1.165, 1.54) is 24.6 Å². The normalized spacial score (nSPS) is 14.7. The summed E-state index contributed by atoms with van der Waals surface area (Å²) in [7, 11) is 0. The largest absolute Gasteiger partial charge is 0.465 e. The van der Waals surface area contributed by atoms with E-state index in [1.807, 2.05) is 30.3 Å². The number of likely N-dealkylation sites (tertiary alicyclic amines) is 1. The standard InChI is InChI=1S/C19H26N4O2S/c1-2-3-13-25-18(24)15-26-19-21-20-17(14-22-11-7-8-12-22)23(19)16-9-5-4-6-10-16/h4-6,9-10H,2-3,7-8,11-15H2,1H3. The van der Waals surface area contributed by atoms with Crippen LogP contribution in [-0.4, -0.2) is 51.1 Å². The van der Waals surface area contributed by atoms with Crippen molar-refractivity contribution < 1.29 is 9.53 Å². The number of thioether (sulfide) groups is 1. The van der Waals surface area contributed by atoms with Crippen LogP contribution in [0.1, 0.15) is 38.4 Å². The Bertz CT molecular complexity index is 699. The van der Waals surface area contributed by atoms with E-state index in [0.717, 1.165) is 49.1 Å². The van der Waals surface area contributed by atoms with E-state index in [9.17, 15) is 4.79 Å². The lowest BCUT2D eigenvalue weighted by Gasteiger charge is -2.15. The molecule has 26 heavy (non-hydrogen) atoms. The Morgan fingerprint density at radius 3 is 2.69 bits per heavy atom. The highest BCUT2D eigenvalue weighted by atomic mass is 32.2. The van der Waals surface area contributed by atoms with Gasteiger partial charge in [-0.3, -0.25) is 14.3 Å². The summed E-state index contributed by atoms with van der Waals surface area (Å²) < 4.78 is 7.30. The molecule has 1 aromatic carbocycles. The molecule has 0 amide bonds. The van der Waals surface area contributed by atoms with Gasteiger partial charge in [0, 0.05) is 5.69 Å². The van der Waals surface area contributed by atoms with E-state index in [0.29, 0.717) is 6.61 Å². The number of carbonyl (C=O) groups excluding carboxylic acids is 1. The van der Waals surface area contributed by atoms with Gasteiger partial charge in [-0.1, -0.05) is 43.3 Å². The fraction of sp³-hybridized carbons (Fsp3) is 0.526. The van der Waals surface area contributed by atoms with E-state index in [1.54, 1.807) is 0 Å². The smallest absolute Gasteiger partial charge is 0.316 e. The number of rotatable bonds is 9. The number of nitrogens with zero attached hydrogens (tertiary/aromatic N) is 4. The lowest BCUT2D eigenvalue weighted by Crippen LogP contribution is -2.21. The molecule has 0 spiro atoms. The van der Waals surface area contributed by atoms with Gasteiger partial charge in [0.1, 0.15) is 0 Å². The van der Waals surface area contributed by atoms with Gasteiger partial charge in [-0.25, -0.2) is 0 Å². The second kappa shape index (κ2) is 9.73. The molecule has 0 atom stereocenters. The van der Waals surface area contributed by atoms with Gasteiger partial charge in [-0.15, -0.1) is 10.2 Å². The molecular formula is C19H26N4O2S. The van der Waals surface area contributed by atoms with E-state index >= 15 is 0 Å². The number of ether oxygens (including phenoxy) is 1. The molecule has 0 N–H and O–H groups in total. The number of unbranched alkanes of at least 4 members (excludes halogenated alkanes) is 1. The summed E-state index contributed by atoms with van der Waals surface area (Å²) in [6.07, 6.45) is 4.40. The summed E-state index contributed by atoms with van der Waals surface area (Å²) in [5, 5.41) is 9.49. The van der Waals surface area contributed by atoms with Gasteiger partial charge in [0.15, 0.2) is 11.0 Å². The van der Waals surface area contributed by atoms with Crippen LogP contribution >= 0.6 is 11.8 Å². The van der Waals surface area contributed by atoms with Gasteiger partial charge < -0.3 is 4.74 Å². The predicted octanol–water partition coefficient (Wildman–Crippen LogP) is 3.30. The molecule has 1 aliphatic rings. The minimum atomic E-state index is -0.202. The molecule has 7 heteroatoms. The third-order valence-electron chi connectivity index (χ3n) is 4.36. The van der Waals surface area contributed by atoms with Crippen LogP contribution in [0.4, 0.5) is 0 Å². The monoisotopic (exact) mass is 374 g/mol. The highest BCUT2D eigenvalue weighted by Crippen LogP contribution is 2.23. The van der Waals surface area contributed by atoms with Crippen molar-refractivity contribution in [1.82, 2.24) is 19.7 Å². The van der Waals surface area contributed by atoms with Crippen LogP contribution in [0.3, 0.4) is 0 Å². The summed E-state index contributed by atoms with van der Waals surface area (Å²) in [5.74, 6) is 0.963. The molecule has 0 saturated carbocycles. The average molecular weight is 375 g/mol. The fourth-order valence-electron chi connectivity index (χ4n) is 2.97. The minimum Gasteiger partial charge on any atom is -0.465 e. The van der Waals surface area contributed by atoms with Crippen LogP contribution in [0.2, 0.25) is 0 Å². The minimum absolute atomic E-state index is 0.202. The topological polar surface area (TPSA) is 60.2 Å². The van der Waals surface area contributed by atoms with Crippen LogP contribution in [0.15, 0.2) is 35.5 Å². The van der Waals surface area contributed by atoms with E-state index in [4.69, 9.17) is 4.74 Å². The number of aromatic nitrogens is 3. The second-order valence-electron chi connectivity index (χ2n) is 6.42.